The summed E-state index contributed by atoms with van der Waals surface area (Å²) in [4.78, 5) is 17.0. The SMILES string of the molecule is COc1ccc(-c2ccnc3cc(C(=O)Nc4cc(F)ccc4C)nn23)cc1OC. The molecule has 4 aromatic rings. The minimum absolute atomic E-state index is 0.166. The van der Waals surface area contributed by atoms with Crippen molar-refractivity contribution in [3.63, 3.8) is 0 Å². The number of amides is 1. The largest absolute Gasteiger partial charge is 0.493 e. The third-order valence-electron chi connectivity index (χ3n) is 4.72. The molecule has 2 aromatic carbocycles. The molecule has 0 fully saturated rings. The molecule has 0 saturated carbocycles. The maximum atomic E-state index is 13.5. The lowest BCUT2D eigenvalue weighted by molar-refractivity contribution is 0.102. The molecule has 152 valence electrons. The number of carbonyl (C=O) groups excluding carboxylic acids is 1. The zero-order valence-corrected chi connectivity index (χ0v) is 16.6. The molecule has 0 unspecified atom stereocenters. The highest BCUT2D eigenvalue weighted by atomic mass is 19.1. The van der Waals surface area contributed by atoms with Crippen LogP contribution in [0.5, 0.6) is 11.5 Å². The smallest absolute Gasteiger partial charge is 0.276 e. The first-order chi connectivity index (χ1) is 14.5. The van der Waals surface area contributed by atoms with Crippen molar-refractivity contribution < 1.29 is 18.7 Å². The fraction of sp³-hybridized carbons (Fsp3) is 0.136. The molecule has 0 bridgehead atoms. The number of nitrogens with zero attached hydrogens (tertiary/aromatic N) is 3. The van der Waals surface area contributed by atoms with Gasteiger partial charge in [0.1, 0.15) is 5.82 Å². The van der Waals surface area contributed by atoms with Crippen LogP contribution in [0.3, 0.4) is 0 Å². The standard InChI is InChI=1S/C22H19FN4O3/c1-13-4-6-15(23)11-16(13)25-22(28)17-12-21-24-9-8-18(27(21)26-17)14-5-7-19(29-2)20(10-14)30-3/h4-12H,1-3H3,(H,25,28). The van der Waals surface area contributed by atoms with Gasteiger partial charge in [0.05, 0.1) is 19.9 Å². The van der Waals surface area contributed by atoms with Crippen molar-refractivity contribution in [2.24, 2.45) is 0 Å². The predicted molar refractivity (Wildman–Crippen MR) is 111 cm³/mol. The first-order valence-electron chi connectivity index (χ1n) is 9.15. The fourth-order valence-electron chi connectivity index (χ4n) is 3.14. The second-order valence-electron chi connectivity index (χ2n) is 6.61. The molecule has 2 heterocycles. The average molecular weight is 406 g/mol. The van der Waals surface area contributed by atoms with E-state index < -0.39 is 11.7 Å². The van der Waals surface area contributed by atoms with Gasteiger partial charge in [0.25, 0.3) is 5.91 Å². The van der Waals surface area contributed by atoms with E-state index >= 15 is 0 Å². The molecule has 2 aromatic heterocycles. The molecule has 0 atom stereocenters. The average Bonchev–Trinajstić information content (AvgIpc) is 3.20. The second kappa shape index (κ2) is 7.82. The molecule has 1 amide bonds. The van der Waals surface area contributed by atoms with Gasteiger partial charge < -0.3 is 14.8 Å². The van der Waals surface area contributed by atoms with Crippen LogP contribution in [0.1, 0.15) is 16.1 Å². The molecule has 8 heteroatoms. The molecule has 0 radical (unpaired) electrons. The van der Waals surface area contributed by atoms with Crippen LogP contribution >= 0.6 is 0 Å². The first kappa shape index (κ1) is 19.4. The molecular formula is C22H19FN4O3. The van der Waals surface area contributed by atoms with E-state index in [9.17, 15) is 9.18 Å². The predicted octanol–water partition coefficient (Wildman–Crippen LogP) is 4.11. The summed E-state index contributed by atoms with van der Waals surface area (Å²) in [7, 11) is 3.13. The number of halogens is 1. The Kier molecular flexibility index (Phi) is 5.05. The van der Waals surface area contributed by atoms with Crippen LogP contribution in [0.4, 0.5) is 10.1 Å². The van der Waals surface area contributed by atoms with Crippen LogP contribution in [0.25, 0.3) is 16.9 Å². The van der Waals surface area contributed by atoms with Crippen LogP contribution in [0, 0.1) is 12.7 Å². The topological polar surface area (TPSA) is 77.8 Å². The summed E-state index contributed by atoms with van der Waals surface area (Å²) in [5.41, 5.74) is 3.35. The molecule has 0 aliphatic heterocycles. The Bertz CT molecular complexity index is 1250. The van der Waals surface area contributed by atoms with Gasteiger partial charge in [0, 0.05) is 23.5 Å². The zero-order chi connectivity index (χ0) is 21.3. The van der Waals surface area contributed by atoms with Gasteiger partial charge in [-0.25, -0.2) is 13.9 Å². The number of anilines is 1. The highest BCUT2D eigenvalue weighted by Gasteiger charge is 2.16. The Labute approximate surface area is 172 Å². The molecule has 0 aliphatic carbocycles. The van der Waals surface area contributed by atoms with Crippen molar-refractivity contribution in [1.29, 1.82) is 0 Å². The van der Waals surface area contributed by atoms with E-state index in [2.05, 4.69) is 15.4 Å². The van der Waals surface area contributed by atoms with Crippen LogP contribution in [-0.4, -0.2) is 34.7 Å². The summed E-state index contributed by atoms with van der Waals surface area (Å²) < 4.78 is 25.8. The third-order valence-corrected chi connectivity index (χ3v) is 4.72. The van der Waals surface area contributed by atoms with E-state index in [0.717, 1.165) is 16.8 Å². The van der Waals surface area contributed by atoms with Crippen molar-refractivity contribution in [3.05, 3.63) is 71.8 Å². The van der Waals surface area contributed by atoms with Crippen molar-refractivity contribution >= 4 is 17.2 Å². The first-order valence-corrected chi connectivity index (χ1v) is 9.15. The van der Waals surface area contributed by atoms with Gasteiger partial charge in [-0.2, -0.15) is 5.10 Å². The molecule has 0 aliphatic rings. The van der Waals surface area contributed by atoms with Crippen LogP contribution in [-0.2, 0) is 0 Å². The minimum Gasteiger partial charge on any atom is -0.493 e. The Morgan fingerprint density at radius 3 is 2.60 bits per heavy atom. The summed E-state index contributed by atoms with van der Waals surface area (Å²) in [5, 5.41) is 7.11. The van der Waals surface area contributed by atoms with Crippen molar-refractivity contribution in [1.82, 2.24) is 14.6 Å². The van der Waals surface area contributed by atoms with Crippen molar-refractivity contribution in [2.75, 3.05) is 19.5 Å². The number of methoxy groups -OCH3 is 2. The molecule has 7 nitrogen and oxygen atoms in total. The minimum atomic E-state index is -0.451. The number of carbonyl (C=O) groups is 1. The van der Waals surface area contributed by atoms with Crippen LogP contribution in [0.2, 0.25) is 0 Å². The quantitative estimate of drug-likeness (QED) is 0.540. The lowest BCUT2D eigenvalue weighted by Gasteiger charge is -2.10. The van der Waals surface area contributed by atoms with Crippen molar-refractivity contribution in [3.8, 4) is 22.8 Å². The third kappa shape index (κ3) is 3.55. The van der Waals surface area contributed by atoms with Gasteiger partial charge in [-0.3, -0.25) is 4.79 Å². The second-order valence-corrected chi connectivity index (χ2v) is 6.61. The highest BCUT2D eigenvalue weighted by Crippen LogP contribution is 2.32. The van der Waals surface area contributed by atoms with Crippen molar-refractivity contribution in [2.45, 2.75) is 6.92 Å². The maximum Gasteiger partial charge on any atom is 0.276 e. The summed E-state index contributed by atoms with van der Waals surface area (Å²) in [6, 6.07) is 13.1. The van der Waals surface area contributed by atoms with E-state index in [4.69, 9.17) is 9.47 Å². The Morgan fingerprint density at radius 2 is 1.83 bits per heavy atom. The summed E-state index contributed by atoms with van der Waals surface area (Å²) >= 11 is 0. The lowest BCUT2D eigenvalue weighted by atomic mass is 10.1. The number of aryl methyl sites for hydroxylation is 1. The molecule has 1 N–H and O–H groups in total. The normalized spacial score (nSPS) is 10.8. The van der Waals surface area contributed by atoms with Crippen LogP contribution in [0.15, 0.2) is 54.7 Å². The number of rotatable bonds is 5. The molecule has 0 spiro atoms. The number of hydrogen-bond acceptors (Lipinski definition) is 5. The Hall–Kier alpha value is -3.94. The van der Waals surface area contributed by atoms with E-state index in [1.165, 1.54) is 12.1 Å². The maximum absolute atomic E-state index is 13.5. The van der Waals surface area contributed by atoms with Gasteiger partial charge in [0.2, 0.25) is 0 Å². The Balaban J connectivity index is 1.72. The number of ether oxygens (including phenoxy) is 2. The Morgan fingerprint density at radius 1 is 1.03 bits per heavy atom. The molecule has 4 rings (SSSR count). The van der Waals surface area contributed by atoms with E-state index in [1.807, 2.05) is 12.1 Å². The zero-order valence-electron chi connectivity index (χ0n) is 16.6. The van der Waals surface area contributed by atoms with Gasteiger partial charge in [-0.1, -0.05) is 6.07 Å². The van der Waals surface area contributed by atoms with E-state index in [1.54, 1.807) is 56.1 Å². The van der Waals surface area contributed by atoms with Crippen LogP contribution < -0.4 is 14.8 Å². The number of benzene rings is 2. The number of hydrogen-bond donors (Lipinski definition) is 1. The van der Waals surface area contributed by atoms with Gasteiger partial charge in [-0.05, 0) is 48.9 Å². The number of fused-ring (bicyclic) bond motifs is 1. The molecular weight excluding hydrogens is 387 g/mol. The highest BCUT2D eigenvalue weighted by molar-refractivity contribution is 6.04. The lowest BCUT2D eigenvalue weighted by Crippen LogP contribution is -2.13. The van der Waals surface area contributed by atoms with Gasteiger partial charge in [0.15, 0.2) is 22.8 Å². The summed E-state index contributed by atoms with van der Waals surface area (Å²) in [6.07, 6.45) is 1.64. The fourth-order valence-corrected chi connectivity index (χ4v) is 3.14. The molecule has 30 heavy (non-hydrogen) atoms. The number of nitrogens with one attached hydrogen (secondary N) is 1. The van der Waals surface area contributed by atoms with Gasteiger partial charge >= 0.3 is 0 Å². The molecule has 0 saturated heterocycles. The van der Waals surface area contributed by atoms with Gasteiger partial charge in [-0.15, -0.1) is 0 Å². The summed E-state index contributed by atoms with van der Waals surface area (Å²) in [5.74, 6) is 0.306. The summed E-state index contributed by atoms with van der Waals surface area (Å²) in [6.45, 7) is 1.79. The number of aromatic nitrogens is 3. The monoisotopic (exact) mass is 406 g/mol. The van der Waals surface area contributed by atoms with E-state index in [-0.39, 0.29) is 5.69 Å². The van der Waals surface area contributed by atoms with E-state index in [0.29, 0.717) is 22.8 Å².